The third-order valence-corrected chi connectivity index (χ3v) is 3.84. The number of hydrogen-bond acceptors (Lipinski definition) is 3. The molecule has 0 radical (unpaired) electrons. The van der Waals surface area contributed by atoms with Crippen LogP contribution in [0.5, 0.6) is 0 Å². The number of thioether (sulfide) groups is 1. The van der Waals surface area contributed by atoms with Crippen LogP contribution in [0.2, 0.25) is 0 Å². The Bertz CT molecular complexity index is 436. The molecule has 2 amide bonds. The zero-order valence-corrected chi connectivity index (χ0v) is 11.2. The number of likely N-dealkylation sites (N-methyl/N-ethyl adjacent to an activating group) is 1. The smallest absolute Gasteiger partial charge is 0.242 e. The SMILES string of the molecule is CN1CC(=O)N(CCSc2ccccc2)CC1=O. The quantitative estimate of drug-likeness (QED) is 0.764. The highest BCUT2D eigenvalue weighted by atomic mass is 32.2. The number of carbonyl (C=O) groups excluding carboxylic acids is 2. The molecule has 0 aromatic heterocycles. The Morgan fingerprint density at radius 1 is 1.11 bits per heavy atom. The number of rotatable bonds is 4. The molecule has 1 aromatic carbocycles. The van der Waals surface area contributed by atoms with Gasteiger partial charge < -0.3 is 9.80 Å². The molecule has 1 aliphatic heterocycles. The number of carbonyl (C=O) groups is 2. The van der Waals surface area contributed by atoms with Gasteiger partial charge in [-0.1, -0.05) is 18.2 Å². The van der Waals surface area contributed by atoms with Gasteiger partial charge in [0.15, 0.2) is 0 Å². The molecule has 0 saturated carbocycles. The summed E-state index contributed by atoms with van der Waals surface area (Å²) in [5.74, 6) is 0.859. The Morgan fingerprint density at radius 2 is 1.83 bits per heavy atom. The van der Waals surface area contributed by atoms with Crippen molar-refractivity contribution >= 4 is 23.6 Å². The van der Waals surface area contributed by atoms with Crippen molar-refractivity contribution in [1.82, 2.24) is 9.80 Å². The van der Waals surface area contributed by atoms with Crippen LogP contribution in [0, 0.1) is 0 Å². The first kappa shape index (κ1) is 13.0. The average Bonchev–Trinajstić information content (AvgIpc) is 2.37. The number of nitrogens with zero attached hydrogens (tertiary/aromatic N) is 2. The molecule has 2 rings (SSSR count). The van der Waals surface area contributed by atoms with Crippen molar-refractivity contribution in [1.29, 1.82) is 0 Å². The van der Waals surface area contributed by atoms with Crippen LogP contribution in [0.1, 0.15) is 0 Å². The summed E-state index contributed by atoms with van der Waals surface area (Å²) in [5.41, 5.74) is 0. The zero-order valence-electron chi connectivity index (χ0n) is 10.3. The molecule has 1 heterocycles. The van der Waals surface area contributed by atoms with Crippen LogP contribution >= 0.6 is 11.8 Å². The first-order valence-electron chi connectivity index (χ1n) is 5.86. The summed E-state index contributed by atoms with van der Waals surface area (Å²) < 4.78 is 0. The molecular formula is C13H16N2O2S. The van der Waals surface area contributed by atoms with E-state index in [1.54, 1.807) is 23.7 Å². The molecule has 0 atom stereocenters. The summed E-state index contributed by atoms with van der Waals surface area (Å²) in [6, 6.07) is 10.1. The van der Waals surface area contributed by atoms with Crippen molar-refractivity contribution in [2.24, 2.45) is 0 Å². The van der Waals surface area contributed by atoms with Crippen molar-refractivity contribution < 1.29 is 9.59 Å². The molecule has 1 fully saturated rings. The minimum Gasteiger partial charge on any atom is -0.335 e. The third-order valence-electron chi connectivity index (χ3n) is 2.85. The average molecular weight is 264 g/mol. The fourth-order valence-corrected chi connectivity index (χ4v) is 2.65. The van der Waals surface area contributed by atoms with Gasteiger partial charge in [0.25, 0.3) is 0 Å². The lowest BCUT2D eigenvalue weighted by atomic mass is 10.3. The fraction of sp³-hybridized carbons (Fsp3) is 0.385. The van der Waals surface area contributed by atoms with Gasteiger partial charge in [0.2, 0.25) is 11.8 Å². The highest BCUT2D eigenvalue weighted by Crippen LogP contribution is 2.17. The van der Waals surface area contributed by atoms with E-state index in [1.165, 1.54) is 9.80 Å². The topological polar surface area (TPSA) is 40.6 Å². The van der Waals surface area contributed by atoms with E-state index in [2.05, 4.69) is 0 Å². The number of amides is 2. The van der Waals surface area contributed by atoms with E-state index in [9.17, 15) is 9.59 Å². The second-order valence-electron chi connectivity index (χ2n) is 4.23. The predicted octanol–water partition coefficient (Wildman–Crippen LogP) is 1.08. The summed E-state index contributed by atoms with van der Waals surface area (Å²) in [4.78, 5) is 27.5. The highest BCUT2D eigenvalue weighted by molar-refractivity contribution is 7.99. The monoisotopic (exact) mass is 264 g/mol. The Kier molecular flexibility index (Phi) is 4.25. The van der Waals surface area contributed by atoms with Crippen LogP contribution in [0.3, 0.4) is 0 Å². The summed E-state index contributed by atoms with van der Waals surface area (Å²) in [7, 11) is 1.66. The first-order chi connectivity index (χ1) is 8.66. The van der Waals surface area contributed by atoms with Gasteiger partial charge in [-0.2, -0.15) is 0 Å². The summed E-state index contributed by atoms with van der Waals surface area (Å²) in [6.07, 6.45) is 0. The van der Waals surface area contributed by atoms with Crippen molar-refractivity contribution in [2.75, 3.05) is 32.4 Å². The Labute approximate surface area is 111 Å². The Balaban J connectivity index is 1.80. The van der Waals surface area contributed by atoms with Crippen molar-refractivity contribution in [3.63, 3.8) is 0 Å². The molecule has 0 unspecified atom stereocenters. The zero-order chi connectivity index (χ0) is 13.0. The van der Waals surface area contributed by atoms with Crippen molar-refractivity contribution in [3.05, 3.63) is 30.3 Å². The van der Waals surface area contributed by atoms with Gasteiger partial charge >= 0.3 is 0 Å². The molecule has 18 heavy (non-hydrogen) atoms. The third kappa shape index (κ3) is 3.26. The van der Waals surface area contributed by atoms with Crippen molar-refractivity contribution in [3.8, 4) is 0 Å². The van der Waals surface area contributed by atoms with Crippen LogP contribution in [0.4, 0.5) is 0 Å². The Hall–Kier alpha value is -1.49. The lowest BCUT2D eigenvalue weighted by Crippen LogP contribution is -2.52. The summed E-state index contributed by atoms with van der Waals surface area (Å²) in [5, 5.41) is 0. The molecule has 0 N–H and O–H groups in total. The highest BCUT2D eigenvalue weighted by Gasteiger charge is 2.26. The van der Waals surface area contributed by atoms with E-state index in [4.69, 9.17) is 0 Å². The Morgan fingerprint density at radius 3 is 2.56 bits per heavy atom. The molecule has 1 saturated heterocycles. The largest absolute Gasteiger partial charge is 0.335 e. The van der Waals surface area contributed by atoms with Gasteiger partial charge in [-0.25, -0.2) is 0 Å². The molecule has 0 aliphatic carbocycles. The lowest BCUT2D eigenvalue weighted by molar-refractivity contribution is -0.148. The number of piperazine rings is 1. The molecule has 0 spiro atoms. The van der Waals surface area contributed by atoms with Crippen LogP contribution in [0.25, 0.3) is 0 Å². The maximum atomic E-state index is 11.7. The van der Waals surface area contributed by atoms with Gasteiger partial charge in [0, 0.05) is 24.2 Å². The van der Waals surface area contributed by atoms with E-state index in [-0.39, 0.29) is 24.9 Å². The van der Waals surface area contributed by atoms with Crippen molar-refractivity contribution in [2.45, 2.75) is 4.90 Å². The number of hydrogen-bond donors (Lipinski definition) is 0. The molecule has 5 heteroatoms. The van der Waals surface area contributed by atoms with Crippen LogP contribution in [-0.4, -0.2) is 54.0 Å². The fourth-order valence-electron chi connectivity index (χ4n) is 1.76. The van der Waals surface area contributed by atoms with E-state index in [0.29, 0.717) is 6.54 Å². The van der Waals surface area contributed by atoms with E-state index >= 15 is 0 Å². The molecule has 96 valence electrons. The standard InChI is InChI=1S/C13H16N2O2S/c1-14-9-13(17)15(10-12(14)16)7-8-18-11-5-3-2-4-6-11/h2-6H,7-10H2,1H3. The second-order valence-corrected chi connectivity index (χ2v) is 5.39. The van der Waals surface area contributed by atoms with Gasteiger partial charge in [-0.3, -0.25) is 9.59 Å². The van der Waals surface area contributed by atoms with Gasteiger partial charge in [-0.15, -0.1) is 11.8 Å². The minimum absolute atomic E-state index is 0.0133. The summed E-state index contributed by atoms with van der Waals surface area (Å²) in [6.45, 7) is 1.04. The maximum absolute atomic E-state index is 11.7. The van der Waals surface area contributed by atoms with E-state index < -0.39 is 0 Å². The van der Waals surface area contributed by atoms with E-state index in [0.717, 1.165) is 5.75 Å². The van der Waals surface area contributed by atoms with Gasteiger partial charge in [-0.05, 0) is 12.1 Å². The predicted molar refractivity (Wildman–Crippen MR) is 71.4 cm³/mol. The molecule has 1 aliphatic rings. The van der Waals surface area contributed by atoms with Crippen LogP contribution < -0.4 is 0 Å². The summed E-state index contributed by atoms with van der Waals surface area (Å²) >= 11 is 1.70. The lowest BCUT2D eigenvalue weighted by Gasteiger charge is -2.31. The normalized spacial score (nSPS) is 16.3. The molecule has 4 nitrogen and oxygen atoms in total. The van der Waals surface area contributed by atoms with Gasteiger partial charge in [0.1, 0.15) is 0 Å². The van der Waals surface area contributed by atoms with E-state index in [1.807, 2.05) is 30.3 Å². The molecule has 0 bridgehead atoms. The number of benzene rings is 1. The molecular weight excluding hydrogens is 248 g/mol. The maximum Gasteiger partial charge on any atom is 0.242 e. The van der Waals surface area contributed by atoms with Gasteiger partial charge in [0.05, 0.1) is 13.1 Å². The first-order valence-corrected chi connectivity index (χ1v) is 6.85. The minimum atomic E-state index is 0.0133. The van der Waals surface area contributed by atoms with Crippen LogP contribution in [0.15, 0.2) is 35.2 Å². The van der Waals surface area contributed by atoms with Crippen LogP contribution in [-0.2, 0) is 9.59 Å². The second kappa shape index (κ2) is 5.91. The molecule has 1 aromatic rings.